The maximum atomic E-state index is 12.3. The van der Waals surface area contributed by atoms with Crippen molar-refractivity contribution in [2.24, 2.45) is 0 Å². The number of benzene rings is 3. The van der Waals surface area contributed by atoms with Crippen LogP contribution in [0.5, 0.6) is 0 Å². The number of hydrogen-bond donors (Lipinski definition) is 5. The lowest BCUT2D eigenvalue weighted by Gasteiger charge is -2.36. The molecular formula is C34H42N2O7S. The smallest absolute Gasteiger partial charge is 0.243 e. The summed E-state index contributed by atoms with van der Waals surface area (Å²) in [5.41, 5.74) is 7.42. The minimum atomic E-state index is -0.563. The van der Waals surface area contributed by atoms with Gasteiger partial charge in [0.1, 0.15) is 0 Å². The van der Waals surface area contributed by atoms with Crippen LogP contribution in [0, 0.1) is 0 Å². The van der Waals surface area contributed by atoms with Crippen LogP contribution in [0.1, 0.15) is 73.2 Å². The fourth-order valence-corrected chi connectivity index (χ4v) is 5.89. The van der Waals surface area contributed by atoms with Gasteiger partial charge in [-0.15, -0.1) is 0 Å². The Morgan fingerprint density at radius 3 is 2.27 bits per heavy atom. The van der Waals surface area contributed by atoms with Crippen molar-refractivity contribution in [2.75, 3.05) is 18.1 Å². The molecule has 10 heteroatoms. The number of hydrogen-bond acceptors (Lipinski definition) is 8. The summed E-state index contributed by atoms with van der Waals surface area (Å²) in [5.74, 6) is 0.951. The molecule has 9 nitrogen and oxygen atoms in total. The summed E-state index contributed by atoms with van der Waals surface area (Å²) in [5, 5.41) is 30.2. The summed E-state index contributed by atoms with van der Waals surface area (Å²) in [6.45, 7) is 0.535. The molecule has 1 aliphatic rings. The minimum absolute atomic E-state index is 0.00657. The molecule has 1 saturated heterocycles. The van der Waals surface area contributed by atoms with Crippen LogP contribution in [-0.4, -0.2) is 51.5 Å². The van der Waals surface area contributed by atoms with E-state index in [1.54, 1.807) is 17.2 Å². The summed E-state index contributed by atoms with van der Waals surface area (Å²) < 4.78 is 12.9. The average Bonchev–Trinajstić information content (AvgIpc) is 3.07. The van der Waals surface area contributed by atoms with Crippen LogP contribution in [0.4, 0.5) is 0 Å². The van der Waals surface area contributed by atoms with Crippen LogP contribution < -0.4 is 10.8 Å². The van der Waals surface area contributed by atoms with Crippen LogP contribution in [-0.2, 0) is 32.2 Å². The first-order valence-corrected chi connectivity index (χ1v) is 16.2. The number of unbranched alkanes of at least 4 members (excludes halogenated alkanes) is 2. The minimum Gasteiger partial charge on any atom is -0.396 e. The van der Waals surface area contributed by atoms with Gasteiger partial charge in [-0.25, -0.2) is 5.48 Å². The number of carbonyl (C=O) groups is 2. The Hall–Kier alpha value is -3.25. The normalized spacial score (nSPS) is 18.1. The lowest BCUT2D eigenvalue weighted by Crippen LogP contribution is -2.31. The van der Waals surface area contributed by atoms with E-state index < -0.39 is 12.2 Å². The topological polar surface area (TPSA) is 137 Å². The molecule has 0 radical (unpaired) electrons. The number of amides is 2. The zero-order chi connectivity index (χ0) is 31.1. The SMILES string of the molecule is O=C(CCCCCC(=O)NCc1cccc(-c2cccc(C3OC(CSCCO)CC(c4ccc(CO)cc4)O3)c2)c1)NO. The molecule has 44 heavy (non-hydrogen) atoms. The highest BCUT2D eigenvalue weighted by atomic mass is 32.2. The van der Waals surface area contributed by atoms with Crippen molar-refractivity contribution in [3.05, 3.63) is 95.1 Å². The Kier molecular flexibility index (Phi) is 13.7. The van der Waals surface area contributed by atoms with E-state index in [1.807, 2.05) is 60.7 Å². The van der Waals surface area contributed by atoms with Crippen LogP contribution in [0.2, 0.25) is 0 Å². The highest BCUT2D eigenvalue weighted by Crippen LogP contribution is 2.39. The molecule has 3 atom stereocenters. The summed E-state index contributed by atoms with van der Waals surface area (Å²) in [4.78, 5) is 23.4. The molecule has 0 aromatic heterocycles. The molecule has 0 aliphatic carbocycles. The average molecular weight is 623 g/mol. The molecule has 3 aromatic rings. The van der Waals surface area contributed by atoms with Crippen molar-refractivity contribution in [2.45, 2.75) is 70.2 Å². The monoisotopic (exact) mass is 622 g/mol. The van der Waals surface area contributed by atoms with Gasteiger partial charge in [0, 0.05) is 42.9 Å². The maximum absolute atomic E-state index is 12.3. The summed E-state index contributed by atoms with van der Waals surface area (Å²) in [6.07, 6.45) is 2.58. The van der Waals surface area contributed by atoms with Crippen LogP contribution >= 0.6 is 11.8 Å². The van der Waals surface area contributed by atoms with Crippen molar-refractivity contribution >= 4 is 23.6 Å². The first-order chi connectivity index (χ1) is 21.5. The number of nitrogens with one attached hydrogen (secondary N) is 2. The summed E-state index contributed by atoms with van der Waals surface area (Å²) in [7, 11) is 0. The second kappa shape index (κ2) is 17.9. The molecule has 1 fully saturated rings. The van der Waals surface area contributed by atoms with E-state index in [-0.39, 0.29) is 37.7 Å². The third kappa shape index (κ3) is 10.4. The van der Waals surface area contributed by atoms with Crippen LogP contribution in [0.25, 0.3) is 11.1 Å². The number of carbonyl (C=O) groups excluding carboxylic acids is 2. The molecule has 0 spiro atoms. The highest BCUT2D eigenvalue weighted by molar-refractivity contribution is 7.99. The standard InChI is InChI=1S/C34H42N2O7S/c37-16-17-44-23-30-20-31(26-14-12-24(22-38)13-15-26)43-34(42-30)29-9-5-8-28(19-29)27-7-4-6-25(18-27)21-35-32(39)10-2-1-3-11-33(40)36-41/h4-9,12-15,18-19,30-31,34,37-38,41H,1-3,10-11,16-17,20-23H2,(H,35,39)(H,36,40). The molecule has 3 unspecified atom stereocenters. The Bertz CT molecular complexity index is 1340. The number of hydroxylamine groups is 1. The molecule has 1 aliphatic heterocycles. The van der Waals surface area contributed by atoms with E-state index in [0.717, 1.165) is 45.6 Å². The number of ether oxygens (including phenoxy) is 2. The van der Waals surface area contributed by atoms with Gasteiger partial charge < -0.3 is 25.0 Å². The van der Waals surface area contributed by atoms with Crippen molar-refractivity contribution < 1.29 is 34.5 Å². The van der Waals surface area contributed by atoms with Crippen molar-refractivity contribution in [1.82, 2.24) is 10.8 Å². The fraction of sp³-hybridized carbons (Fsp3) is 0.412. The van der Waals surface area contributed by atoms with Gasteiger partial charge in [-0.05, 0) is 52.8 Å². The van der Waals surface area contributed by atoms with E-state index in [2.05, 4.69) is 17.4 Å². The Morgan fingerprint density at radius 1 is 0.818 bits per heavy atom. The van der Waals surface area contributed by atoms with Gasteiger partial charge in [-0.3, -0.25) is 14.8 Å². The van der Waals surface area contributed by atoms with Crippen molar-refractivity contribution in [1.29, 1.82) is 0 Å². The van der Waals surface area contributed by atoms with Crippen LogP contribution in [0.3, 0.4) is 0 Å². The lowest BCUT2D eigenvalue weighted by atomic mass is 9.99. The Labute approximate surface area is 262 Å². The quantitative estimate of drug-likeness (QED) is 0.0837. The summed E-state index contributed by atoms with van der Waals surface area (Å²) in [6, 6.07) is 24.0. The molecule has 5 N–H and O–H groups in total. The lowest BCUT2D eigenvalue weighted by molar-refractivity contribution is -0.245. The second-order valence-electron chi connectivity index (χ2n) is 10.8. The van der Waals surface area contributed by atoms with Crippen molar-refractivity contribution in [3.8, 4) is 11.1 Å². The van der Waals surface area contributed by atoms with Crippen molar-refractivity contribution in [3.63, 3.8) is 0 Å². The molecule has 4 rings (SSSR count). The zero-order valence-electron chi connectivity index (χ0n) is 24.8. The number of aliphatic hydroxyl groups excluding tert-OH is 2. The number of thioether (sulfide) groups is 1. The predicted molar refractivity (Wildman–Crippen MR) is 170 cm³/mol. The van der Waals surface area contributed by atoms with E-state index in [1.165, 1.54) is 0 Å². The van der Waals surface area contributed by atoms with E-state index in [0.29, 0.717) is 38.0 Å². The Balaban J connectivity index is 1.39. The predicted octanol–water partition coefficient (Wildman–Crippen LogP) is 5.19. The first-order valence-electron chi connectivity index (χ1n) is 15.1. The van der Waals surface area contributed by atoms with E-state index in [4.69, 9.17) is 14.7 Å². The fourth-order valence-electron chi connectivity index (χ4n) is 5.12. The molecule has 1 heterocycles. The molecule has 0 bridgehead atoms. The zero-order valence-corrected chi connectivity index (χ0v) is 25.6. The molecular weight excluding hydrogens is 580 g/mol. The van der Waals surface area contributed by atoms with Crippen LogP contribution in [0.15, 0.2) is 72.8 Å². The first kappa shape index (κ1) is 33.6. The van der Waals surface area contributed by atoms with Gasteiger partial charge in [0.15, 0.2) is 6.29 Å². The third-order valence-electron chi connectivity index (χ3n) is 7.50. The molecule has 0 saturated carbocycles. The van der Waals surface area contributed by atoms with Gasteiger partial charge >= 0.3 is 0 Å². The van der Waals surface area contributed by atoms with E-state index in [9.17, 15) is 19.8 Å². The molecule has 2 amide bonds. The molecule has 3 aromatic carbocycles. The van der Waals surface area contributed by atoms with E-state index >= 15 is 0 Å². The van der Waals surface area contributed by atoms with Gasteiger partial charge in [0.05, 0.1) is 25.4 Å². The van der Waals surface area contributed by atoms with Gasteiger partial charge in [-0.1, -0.05) is 67.1 Å². The highest BCUT2D eigenvalue weighted by Gasteiger charge is 2.32. The van der Waals surface area contributed by atoms with Gasteiger partial charge in [-0.2, -0.15) is 11.8 Å². The van der Waals surface area contributed by atoms with Gasteiger partial charge in [0.25, 0.3) is 0 Å². The number of rotatable bonds is 16. The number of aliphatic hydroxyl groups is 2. The Morgan fingerprint density at radius 2 is 1.55 bits per heavy atom. The molecule has 236 valence electrons. The van der Waals surface area contributed by atoms with Gasteiger partial charge in [0.2, 0.25) is 11.8 Å². The second-order valence-corrected chi connectivity index (χ2v) is 12.0. The third-order valence-corrected chi connectivity index (χ3v) is 8.57. The summed E-state index contributed by atoms with van der Waals surface area (Å²) >= 11 is 1.66. The maximum Gasteiger partial charge on any atom is 0.243 e. The largest absolute Gasteiger partial charge is 0.396 e.